The molecule has 484 valence electrons. The van der Waals surface area contributed by atoms with E-state index in [1.807, 2.05) is 6.08 Å². The number of ether oxygens (including phenoxy) is 3. The quantitative estimate of drug-likeness (QED) is 0.0195. The molecule has 0 saturated carbocycles. The summed E-state index contributed by atoms with van der Waals surface area (Å²) >= 11 is 0. The van der Waals surface area contributed by atoms with Crippen molar-refractivity contribution in [2.75, 3.05) is 19.8 Å². The highest BCUT2D eigenvalue weighted by molar-refractivity contribution is 5.76. The average molecular weight is 1170 g/mol. The van der Waals surface area contributed by atoms with Crippen LogP contribution in [0, 0.1) is 0 Å². The van der Waals surface area contributed by atoms with Crippen molar-refractivity contribution in [1.29, 1.82) is 0 Å². The fourth-order valence-electron chi connectivity index (χ4n) is 10.8. The van der Waals surface area contributed by atoms with Gasteiger partial charge in [-0.15, -0.1) is 0 Å². The van der Waals surface area contributed by atoms with E-state index < -0.39 is 49.5 Å². The molecular weight excluding hydrogens is 1040 g/mol. The van der Waals surface area contributed by atoms with E-state index in [9.17, 15) is 35.1 Å². The maximum absolute atomic E-state index is 13.1. The van der Waals surface area contributed by atoms with Gasteiger partial charge in [0.25, 0.3) is 0 Å². The zero-order chi connectivity index (χ0) is 60.2. The second-order valence-corrected chi connectivity index (χ2v) is 24.2. The van der Waals surface area contributed by atoms with Crippen molar-refractivity contribution < 1.29 is 49.3 Å². The second-order valence-electron chi connectivity index (χ2n) is 24.2. The first kappa shape index (κ1) is 78.4. The lowest BCUT2D eigenvalue weighted by atomic mass is 9.99. The number of unbranched alkanes of at least 4 members (excludes halogenated alkanes) is 39. The number of rotatable bonds is 61. The monoisotopic (exact) mass is 1170 g/mol. The summed E-state index contributed by atoms with van der Waals surface area (Å²) in [6, 6.07) is -0.814. The zero-order valence-corrected chi connectivity index (χ0v) is 53.7. The Labute approximate surface area is 509 Å². The van der Waals surface area contributed by atoms with Gasteiger partial charge in [-0.1, -0.05) is 280 Å². The zero-order valence-electron chi connectivity index (χ0n) is 53.7. The van der Waals surface area contributed by atoms with Gasteiger partial charge in [-0.05, 0) is 89.9 Å². The summed E-state index contributed by atoms with van der Waals surface area (Å²) < 4.78 is 16.7. The predicted molar refractivity (Wildman–Crippen MR) is 347 cm³/mol. The standard InChI is InChI=1S/C72H131NO10/c1-3-5-7-9-11-13-15-17-31-35-38-42-46-50-54-58-65(75)64(63-82-72-71(80)70(79)69(78)66(62-74)83-72)73-67(76)59-55-51-47-43-39-36-32-29-27-25-23-21-19-18-20-22-24-26-28-30-33-37-41-45-49-53-57-61-81-68(77)60-56-52-48-44-40-34-16-14-12-10-8-6-4-2/h8,10,14,16,18-19,22,24,54,58,64-66,69-72,74-75,78-80H,3-7,9,11-13,15,17,20-21,23,25-53,55-57,59-63H2,1-2H3,(H,73,76)/b10-8-,16-14-,19-18-,24-22-,58-54+. The molecule has 0 aromatic carbocycles. The Balaban J connectivity index is 2.03. The molecule has 1 amide bonds. The lowest BCUT2D eigenvalue weighted by Crippen LogP contribution is -2.60. The molecular formula is C72H131NO10. The number of aliphatic hydroxyl groups excluding tert-OH is 5. The number of allylic oxidation sites excluding steroid dienone is 9. The third-order valence-corrected chi connectivity index (χ3v) is 16.3. The Hall–Kier alpha value is -2.64. The molecule has 1 saturated heterocycles. The van der Waals surface area contributed by atoms with Crippen LogP contribution in [0.4, 0.5) is 0 Å². The lowest BCUT2D eigenvalue weighted by molar-refractivity contribution is -0.302. The van der Waals surface area contributed by atoms with E-state index >= 15 is 0 Å². The number of carbonyl (C=O) groups excluding carboxylic acids is 2. The molecule has 6 N–H and O–H groups in total. The van der Waals surface area contributed by atoms with Crippen LogP contribution in [-0.4, -0.2) is 100 Å². The summed E-state index contributed by atoms with van der Waals surface area (Å²) in [6.45, 7) is 4.29. The third-order valence-electron chi connectivity index (χ3n) is 16.3. The van der Waals surface area contributed by atoms with Gasteiger partial charge in [0.1, 0.15) is 24.4 Å². The Kier molecular flexibility index (Phi) is 57.6. The highest BCUT2D eigenvalue weighted by Crippen LogP contribution is 2.23. The van der Waals surface area contributed by atoms with Crippen molar-refractivity contribution in [3.63, 3.8) is 0 Å². The van der Waals surface area contributed by atoms with Crippen LogP contribution in [0.1, 0.15) is 322 Å². The van der Waals surface area contributed by atoms with Crippen LogP contribution in [-0.2, 0) is 23.8 Å². The first-order chi connectivity index (χ1) is 40.7. The summed E-state index contributed by atoms with van der Waals surface area (Å²) in [5, 5.41) is 54.6. The van der Waals surface area contributed by atoms with Crippen LogP contribution in [0.15, 0.2) is 60.8 Å². The van der Waals surface area contributed by atoms with Crippen molar-refractivity contribution in [3.05, 3.63) is 60.8 Å². The van der Waals surface area contributed by atoms with Crippen LogP contribution in [0.5, 0.6) is 0 Å². The summed E-state index contributed by atoms with van der Waals surface area (Å²) in [7, 11) is 0. The smallest absolute Gasteiger partial charge is 0.305 e. The molecule has 1 aliphatic rings. The van der Waals surface area contributed by atoms with Gasteiger partial charge in [0.2, 0.25) is 5.91 Å². The molecule has 7 unspecified atom stereocenters. The van der Waals surface area contributed by atoms with Gasteiger partial charge in [-0.2, -0.15) is 0 Å². The van der Waals surface area contributed by atoms with E-state index in [1.165, 1.54) is 212 Å². The lowest BCUT2D eigenvalue weighted by Gasteiger charge is -2.40. The number of hydrogen-bond acceptors (Lipinski definition) is 10. The second kappa shape index (κ2) is 61.0. The third kappa shape index (κ3) is 50.1. The predicted octanol–water partition coefficient (Wildman–Crippen LogP) is 17.7. The van der Waals surface area contributed by atoms with Gasteiger partial charge in [0, 0.05) is 12.8 Å². The number of amides is 1. The number of esters is 1. The largest absolute Gasteiger partial charge is 0.466 e. The van der Waals surface area contributed by atoms with Gasteiger partial charge < -0.3 is 45.1 Å². The minimum atomic E-state index is -1.57. The van der Waals surface area contributed by atoms with E-state index in [4.69, 9.17) is 14.2 Å². The average Bonchev–Trinajstić information content (AvgIpc) is 3.56. The van der Waals surface area contributed by atoms with Crippen LogP contribution in [0.25, 0.3) is 0 Å². The topological polar surface area (TPSA) is 175 Å². The van der Waals surface area contributed by atoms with Crippen molar-refractivity contribution in [3.8, 4) is 0 Å². The van der Waals surface area contributed by atoms with Crippen molar-refractivity contribution >= 4 is 11.9 Å². The van der Waals surface area contributed by atoms with Crippen molar-refractivity contribution in [2.45, 2.75) is 365 Å². The molecule has 7 atom stereocenters. The van der Waals surface area contributed by atoms with E-state index in [2.05, 4.69) is 67.8 Å². The van der Waals surface area contributed by atoms with Crippen LogP contribution in [0.2, 0.25) is 0 Å². The van der Waals surface area contributed by atoms with Crippen molar-refractivity contribution in [1.82, 2.24) is 5.32 Å². The molecule has 83 heavy (non-hydrogen) atoms. The highest BCUT2D eigenvalue weighted by Gasteiger charge is 2.44. The fourth-order valence-corrected chi connectivity index (χ4v) is 10.8. The SMILES string of the molecule is CCC/C=C\C/C=C\CCCCCCCC(=O)OCCCCCCCCCCC/C=C\C/C=C\CCCCCCCCCCCCCC(=O)NC(COC1OC(CO)C(O)C(O)C1O)C(O)/C=C/CCCCCCCCCCCCCCC. The Morgan fingerprint density at radius 3 is 1.27 bits per heavy atom. The first-order valence-corrected chi connectivity index (χ1v) is 35.1. The minimum absolute atomic E-state index is 0.0146. The minimum Gasteiger partial charge on any atom is -0.466 e. The molecule has 0 radical (unpaired) electrons. The number of hydrogen-bond donors (Lipinski definition) is 6. The van der Waals surface area contributed by atoms with Gasteiger partial charge in [0.05, 0.1) is 32.0 Å². The number of carbonyl (C=O) groups is 2. The Bertz CT molecular complexity index is 1560. The number of nitrogens with one attached hydrogen (secondary N) is 1. The molecule has 0 aromatic heterocycles. The molecule has 1 fully saturated rings. The molecule has 1 heterocycles. The van der Waals surface area contributed by atoms with Gasteiger partial charge in [-0.3, -0.25) is 9.59 Å². The molecule has 1 rings (SSSR count). The summed E-state index contributed by atoms with van der Waals surface area (Å²) in [5.74, 6) is -0.198. The van der Waals surface area contributed by atoms with Crippen LogP contribution < -0.4 is 5.32 Å². The van der Waals surface area contributed by atoms with Crippen LogP contribution in [0.3, 0.4) is 0 Å². The fraction of sp³-hybridized carbons (Fsp3) is 0.833. The van der Waals surface area contributed by atoms with E-state index in [0.29, 0.717) is 19.4 Å². The molecule has 1 aliphatic heterocycles. The summed E-state index contributed by atoms with van der Waals surface area (Å²) in [5.41, 5.74) is 0. The highest BCUT2D eigenvalue weighted by atomic mass is 16.7. The summed E-state index contributed by atoms with van der Waals surface area (Å²) in [6.07, 6.45) is 70.4. The first-order valence-electron chi connectivity index (χ1n) is 35.1. The Morgan fingerprint density at radius 2 is 0.831 bits per heavy atom. The maximum Gasteiger partial charge on any atom is 0.305 e. The van der Waals surface area contributed by atoms with Gasteiger partial charge in [0.15, 0.2) is 6.29 Å². The van der Waals surface area contributed by atoms with E-state index in [1.54, 1.807) is 6.08 Å². The van der Waals surface area contributed by atoms with Gasteiger partial charge >= 0.3 is 5.97 Å². The van der Waals surface area contributed by atoms with E-state index in [0.717, 1.165) is 83.5 Å². The summed E-state index contributed by atoms with van der Waals surface area (Å²) in [4.78, 5) is 25.1. The molecule has 11 nitrogen and oxygen atoms in total. The molecule has 0 aromatic rings. The van der Waals surface area contributed by atoms with Crippen LogP contribution >= 0.6 is 0 Å². The number of aliphatic hydroxyl groups is 5. The van der Waals surface area contributed by atoms with Crippen molar-refractivity contribution in [2.24, 2.45) is 0 Å². The Morgan fingerprint density at radius 1 is 0.446 bits per heavy atom. The normalized spacial score (nSPS) is 18.5. The molecule has 0 bridgehead atoms. The molecule has 0 aliphatic carbocycles. The maximum atomic E-state index is 13.1. The van der Waals surface area contributed by atoms with Gasteiger partial charge in [-0.25, -0.2) is 0 Å². The van der Waals surface area contributed by atoms with E-state index in [-0.39, 0.29) is 18.5 Å². The molecule has 0 spiro atoms. The molecule has 11 heteroatoms.